The molecule has 0 radical (unpaired) electrons. The lowest BCUT2D eigenvalue weighted by Gasteiger charge is -2.11. The van der Waals surface area contributed by atoms with Crippen LogP contribution in [0.25, 0.3) is 27.8 Å². The smallest absolute Gasteiger partial charge is 0.100 e. The maximum Gasteiger partial charge on any atom is 0.100 e. The van der Waals surface area contributed by atoms with Gasteiger partial charge in [0.1, 0.15) is 6.33 Å². The van der Waals surface area contributed by atoms with Crippen molar-refractivity contribution in [3.8, 4) is 16.8 Å². The van der Waals surface area contributed by atoms with E-state index in [-0.39, 0.29) is 0 Å². The van der Waals surface area contributed by atoms with E-state index in [1.165, 1.54) is 22.9 Å². The third kappa shape index (κ3) is 2.86. The standard InChI is InChI=1S/C22H19N3O/c1-2-17-6-3-4-9-20(17)18-7-5-8-19(13-18)25-15-23-21-12-16(14-24-26)10-11-22(21)25/h3-15,26H,2H2,1H3. The molecule has 0 aliphatic heterocycles. The number of fused-ring (bicyclic) bond motifs is 1. The van der Waals surface area contributed by atoms with Gasteiger partial charge in [-0.2, -0.15) is 0 Å². The van der Waals surface area contributed by atoms with E-state index < -0.39 is 0 Å². The van der Waals surface area contributed by atoms with Crippen LogP contribution in [0.1, 0.15) is 18.1 Å². The zero-order valence-corrected chi connectivity index (χ0v) is 14.5. The maximum atomic E-state index is 8.70. The van der Waals surface area contributed by atoms with Crippen molar-refractivity contribution in [3.63, 3.8) is 0 Å². The number of oxime groups is 1. The summed E-state index contributed by atoms with van der Waals surface area (Å²) in [6, 6.07) is 22.8. The van der Waals surface area contributed by atoms with Gasteiger partial charge in [-0.1, -0.05) is 54.5 Å². The molecule has 128 valence electrons. The van der Waals surface area contributed by atoms with Crippen LogP contribution < -0.4 is 0 Å². The van der Waals surface area contributed by atoms with Gasteiger partial charge in [0, 0.05) is 5.69 Å². The number of benzene rings is 3. The van der Waals surface area contributed by atoms with Crippen molar-refractivity contribution in [2.24, 2.45) is 5.16 Å². The molecule has 1 heterocycles. The van der Waals surface area contributed by atoms with Crippen LogP contribution in [0.4, 0.5) is 0 Å². The van der Waals surface area contributed by atoms with Gasteiger partial charge in [-0.05, 0) is 52.9 Å². The molecule has 1 aromatic heterocycles. The van der Waals surface area contributed by atoms with Crippen LogP contribution in [0.3, 0.4) is 0 Å². The van der Waals surface area contributed by atoms with Gasteiger partial charge in [0.25, 0.3) is 0 Å². The molecule has 0 unspecified atom stereocenters. The molecule has 0 aliphatic carbocycles. The number of hydrogen-bond acceptors (Lipinski definition) is 3. The first kappa shape index (κ1) is 16.1. The summed E-state index contributed by atoms with van der Waals surface area (Å²) in [4.78, 5) is 4.49. The molecule has 0 saturated carbocycles. The Labute approximate surface area is 152 Å². The second-order valence-electron chi connectivity index (χ2n) is 6.17. The molecule has 4 heteroatoms. The molecule has 4 rings (SSSR count). The van der Waals surface area contributed by atoms with Crippen LogP contribution in [0.15, 0.2) is 78.2 Å². The molecule has 0 amide bonds. The number of imidazole rings is 1. The van der Waals surface area contributed by atoms with E-state index in [2.05, 4.69) is 70.2 Å². The average Bonchev–Trinajstić information content (AvgIpc) is 3.11. The summed E-state index contributed by atoms with van der Waals surface area (Å²) >= 11 is 0. The van der Waals surface area contributed by atoms with E-state index in [1.54, 1.807) is 0 Å². The summed E-state index contributed by atoms with van der Waals surface area (Å²) in [5.41, 5.74) is 7.57. The SMILES string of the molecule is CCc1ccccc1-c1cccc(-n2cnc3cc(C=NO)ccc32)c1. The highest BCUT2D eigenvalue weighted by Gasteiger charge is 2.08. The Kier molecular flexibility index (Phi) is 4.23. The fourth-order valence-corrected chi connectivity index (χ4v) is 3.32. The topological polar surface area (TPSA) is 50.4 Å². The van der Waals surface area contributed by atoms with Crippen LogP contribution in [-0.2, 0) is 6.42 Å². The highest BCUT2D eigenvalue weighted by atomic mass is 16.4. The lowest BCUT2D eigenvalue weighted by Crippen LogP contribution is -1.94. The fraction of sp³-hybridized carbons (Fsp3) is 0.0909. The quantitative estimate of drug-likeness (QED) is 0.320. The van der Waals surface area contributed by atoms with Crippen molar-refractivity contribution in [1.29, 1.82) is 0 Å². The zero-order valence-electron chi connectivity index (χ0n) is 14.5. The third-order valence-electron chi connectivity index (χ3n) is 4.61. The zero-order chi connectivity index (χ0) is 17.9. The van der Waals surface area contributed by atoms with E-state index in [1.807, 2.05) is 24.5 Å². The van der Waals surface area contributed by atoms with Gasteiger partial charge in [-0.3, -0.25) is 4.57 Å². The molecule has 0 bridgehead atoms. The molecule has 1 N–H and O–H groups in total. The van der Waals surface area contributed by atoms with Crippen molar-refractivity contribution in [2.75, 3.05) is 0 Å². The first-order valence-electron chi connectivity index (χ1n) is 8.63. The van der Waals surface area contributed by atoms with E-state index in [4.69, 9.17) is 5.21 Å². The van der Waals surface area contributed by atoms with Crippen molar-refractivity contribution >= 4 is 17.2 Å². The first-order valence-corrected chi connectivity index (χ1v) is 8.63. The minimum absolute atomic E-state index is 0.816. The monoisotopic (exact) mass is 341 g/mol. The van der Waals surface area contributed by atoms with Gasteiger partial charge < -0.3 is 5.21 Å². The Hall–Kier alpha value is -3.40. The van der Waals surface area contributed by atoms with Gasteiger partial charge in [-0.15, -0.1) is 0 Å². The van der Waals surface area contributed by atoms with Gasteiger partial charge in [0.05, 0.1) is 17.2 Å². The summed E-state index contributed by atoms with van der Waals surface area (Å²) in [6.45, 7) is 2.18. The van der Waals surface area contributed by atoms with E-state index >= 15 is 0 Å². The minimum atomic E-state index is 0.816. The number of aryl methyl sites for hydroxylation is 1. The molecule has 0 spiro atoms. The van der Waals surface area contributed by atoms with Crippen LogP contribution >= 0.6 is 0 Å². The Morgan fingerprint density at radius 3 is 2.77 bits per heavy atom. The van der Waals surface area contributed by atoms with E-state index in [0.717, 1.165) is 28.7 Å². The van der Waals surface area contributed by atoms with Gasteiger partial charge in [0.2, 0.25) is 0 Å². The largest absolute Gasteiger partial charge is 0.411 e. The molecule has 0 atom stereocenters. The summed E-state index contributed by atoms with van der Waals surface area (Å²) in [5, 5.41) is 11.8. The Morgan fingerprint density at radius 2 is 1.92 bits per heavy atom. The summed E-state index contributed by atoms with van der Waals surface area (Å²) in [5.74, 6) is 0. The summed E-state index contributed by atoms with van der Waals surface area (Å²) in [6.07, 6.45) is 4.24. The molecular formula is C22H19N3O. The lowest BCUT2D eigenvalue weighted by atomic mass is 9.98. The first-order chi connectivity index (χ1) is 12.8. The minimum Gasteiger partial charge on any atom is -0.411 e. The second kappa shape index (κ2) is 6.84. The maximum absolute atomic E-state index is 8.70. The highest BCUT2D eigenvalue weighted by molar-refractivity contribution is 5.87. The van der Waals surface area contributed by atoms with Crippen LogP contribution in [-0.4, -0.2) is 21.0 Å². The normalized spacial score (nSPS) is 11.4. The highest BCUT2D eigenvalue weighted by Crippen LogP contribution is 2.27. The van der Waals surface area contributed by atoms with Crippen LogP contribution in [0.5, 0.6) is 0 Å². The number of nitrogens with zero attached hydrogens (tertiary/aromatic N) is 3. The van der Waals surface area contributed by atoms with Crippen molar-refractivity contribution in [2.45, 2.75) is 13.3 Å². The number of rotatable bonds is 4. The predicted molar refractivity (Wildman–Crippen MR) is 105 cm³/mol. The molecule has 3 aromatic carbocycles. The van der Waals surface area contributed by atoms with Gasteiger partial charge in [0.15, 0.2) is 0 Å². The molecule has 26 heavy (non-hydrogen) atoms. The van der Waals surface area contributed by atoms with Crippen molar-refractivity contribution in [3.05, 3.63) is 84.2 Å². The molecule has 0 fully saturated rings. The second-order valence-corrected chi connectivity index (χ2v) is 6.17. The van der Waals surface area contributed by atoms with Crippen LogP contribution in [0, 0.1) is 0 Å². The fourth-order valence-electron chi connectivity index (χ4n) is 3.32. The Morgan fingerprint density at radius 1 is 1.04 bits per heavy atom. The summed E-state index contributed by atoms with van der Waals surface area (Å²) < 4.78 is 2.08. The van der Waals surface area contributed by atoms with E-state index in [0.29, 0.717) is 0 Å². The summed E-state index contributed by atoms with van der Waals surface area (Å²) in [7, 11) is 0. The lowest BCUT2D eigenvalue weighted by molar-refractivity contribution is 0.322. The van der Waals surface area contributed by atoms with Gasteiger partial charge >= 0.3 is 0 Å². The van der Waals surface area contributed by atoms with Crippen LogP contribution in [0.2, 0.25) is 0 Å². The number of aromatic nitrogens is 2. The molecule has 4 aromatic rings. The molecule has 0 saturated heterocycles. The van der Waals surface area contributed by atoms with Crippen molar-refractivity contribution in [1.82, 2.24) is 9.55 Å². The Bertz CT molecular complexity index is 1100. The predicted octanol–water partition coefficient (Wildman–Crippen LogP) is 5.06. The number of hydrogen-bond donors (Lipinski definition) is 1. The van der Waals surface area contributed by atoms with E-state index in [9.17, 15) is 0 Å². The molecular weight excluding hydrogens is 322 g/mol. The Balaban J connectivity index is 1.81. The third-order valence-corrected chi connectivity index (χ3v) is 4.61. The van der Waals surface area contributed by atoms with Crippen molar-refractivity contribution < 1.29 is 5.21 Å². The molecule has 4 nitrogen and oxygen atoms in total. The molecule has 0 aliphatic rings. The van der Waals surface area contributed by atoms with Gasteiger partial charge in [-0.25, -0.2) is 4.98 Å². The average molecular weight is 341 g/mol.